The first-order valence-corrected chi connectivity index (χ1v) is 5.59. The summed E-state index contributed by atoms with van der Waals surface area (Å²) in [6, 6.07) is 18.5. The molecule has 1 aliphatic rings. The average molecular weight is 220 g/mol. The van der Waals surface area contributed by atoms with E-state index in [0.717, 1.165) is 11.3 Å². The molecule has 2 aromatic rings. The Labute approximate surface area is 99.6 Å². The molecule has 0 fully saturated rings. The van der Waals surface area contributed by atoms with Crippen molar-refractivity contribution in [3.8, 4) is 0 Å². The first kappa shape index (κ1) is 9.85. The van der Waals surface area contributed by atoms with Gasteiger partial charge in [-0.1, -0.05) is 54.6 Å². The molecule has 0 aliphatic carbocycles. The van der Waals surface area contributed by atoms with Gasteiger partial charge < -0.3 is 0 Å². The third-order valence-corrected chi connectivity index (χ3v) is 2.80. The molecule has 1 aliphatic heterocycles. The SMILES string of the molecule is C1=NNC(c2ccccc2)=c2ccccc2=C1. The van der Waals surface area contributed by atoms with Gasteiger partial charge in [-0.3, -0.25) is 5.43 Å². The summed E-state index contributed by atoms with van der Waals surface area (Å²) in [4.78, 5) is 0. The minimum absolute atomic E-state index is 1.05. The molecule has 17 heavy (non-hydrogen) atoms. The lowest BCUT2D eigenvalue weighted by molar-refractivity contribution is 0.995. The molecule has 0 amide bonds. The first-order chi connectivity index (χ1) is 8.45. The van der Waals surface area contributed by atoms with Gasteiger partial charge in [0.2, 0.25) is 0 Å². The van der Waals surface area contributed by atoms with Crippen LogP contribution in [0, 0.1) is 0 Å². The molecule has 82 valence electrons. The normalized spacial score (nSPS) is 13.3. The van der Waals surface area contributed by atoms with Gasteiger partial charge in [0, 0.05) is 17.0 Å². The predicted molar refractivity (Wildman–Crippen MR) is 70.7 cm³/mol. The van der Waals surface area contributed by atoms with Crippen LogP contribution < -0.4 is 15.9 Å². The Hall–Kier alpha value is -2.35. The average Bonchev–Trinajstić information content (AvgIpc) is 2.62. The van der Waals surface area contributed by atoms with Crippen LogP contribution in [0.15, 0.2) is 59.7 Å². The topological polar surface area (TPSA) is 24.4 Å². The summed E-state index contributed by atoms with van der Waals surface area (Å²) in [6.07, 6.45) is 3.80. The second kappa shape index (κ2) is 4.26. The van der Waals surface area contributed by atoms with E-state index in [-0.39, 0.29) is 0 Å². The number of rotatable bonds is 1. The lowest BCUT2D eigenvalue weighted by Gasteiger charge is -2.06. The molecule has 0 saturated carbocycles. The highest BCUT2D eigenvalue weighted by Gasteiger charge is 2.02. The third kappa shape index (κ3) is 1.85. The fourth-order valence-electron chi connectivity index (χ4n) is 1.97. The Bertz CT molecular complexity index is 670. The second-order valence-electron chi connectivity index (χ2n) is 3.88. The van der Waals surface area contributed by atoms with Gasteiger partial charge in [-0.2, -0.15) is 5.10 Å². The Morgan fingerprint density at radius 2 is 1.59 bits per heavy atom. The molecule has 0 spiro atoms. The van der Waals surface area contributed by atoms with E-state index in [2.05, 4.69) is 34.8 Å². The van der Waals surface area contributed by atoms with Crippen LogP contribution in [0.3, 0.4) is 0 Å². The summed E-state index contributed by atoms with van der Waals surface area (Å²) in [5, 5.41) is 6.53. The van der Waals surface area contributed by atoms with Crippen molar-refractivity contribution in [2.24, 2.45) is 5.10 Å². The summed E-state index contributed by atoms with van der Waals surface area (Å²) in [7, 11) is 0. The Morgan fingerprint density at radius 1 is 0.824 bits per heavy atom. The lowest BCUT2D eigenvalue weighted by Crippen LogP contribution is -2.29. The van der Waals surface area contributed by atoms with Gasteiger partial charge in [0.15, 0.2) is 0 Å². The number of fused-ring (bicyclic) bond motifs is 1. The molecule has 2 aromatic carbocycles. The van der Waals surface area contributed by atoms with Gasteiger partial charge >= 0.3 is 0 Å². The van der Waals surface area contributed by atoms with Crippen LogP contribution in [0.5, 0.6) is 0 Å². The molecule has 2 heteroatoms. The fraction of sp³-hybridized carbons (Fsp3) is 0. The van der Waals surface area contributed by atoms with Crippen molar-refractivity contribution in [2.45, 2.75) is 0 Å². The number of nitrogens with one attached hydrogen (secondary N) is 1. The zero-order chi connectivity index (χ0) is 11.5. The molecule has 0 atom stereocenters. The molecule has 0 unspecified atom stereocenters. The predicted octanol–water partition coefficient (Wildman–Crippen LogP) is 1.21. The van der Waals surface area contributed by atoms with Crippen molar-refractivity contribution in [2.75, 3.05) is 0 Å². The van der Waals surface area contributed by atoms with Gasteiger partial charge in [-0.15, -0.1) is 0 Å². The second-order valence-corrected chi connectivity index (χ2v) is 3.88. The summed E-state index contributed by atoms with van der Waals surface area (Å²) >= 11 is 0. The van der Waals surface area contributed by atoms with Gasteiger partial charge in [-0.25, -0.2) is 0 Å². The van der Waals surface area contributed by atoms with E-state index in [0.29, 0.717) is 0 Å². The summed E-state index contributed by atoms with van der Waals surface area (Å²) < 4.78 is 0. The number of nitrogens with zero attached hydrogens (tertiary/aromatic N) is 1. The summed E-state index contributed by atoms with van der Waals surface area (Å²) in [5.41, 5.74) is 5.30. The van der Waals surface area contributed by atoms with Gasteiger partial charge in [0.1, 0.15) is 0 Å². The molecule has 1 N–H and O–H groups in total. The number of hydrogen-bond acceptors (Lipinski definition) is 2. The summed E-state index contributed by atoms with van der Waals surface area (Å²) in [5.74, 6) is 0. The van der Waals surface area contributed by atoms with Crippen LogP contribution in [0.25, 0.3) is 11.8 Å². The molecule has 0 saturated heterocycles. The van der Waals surface area contributed by atoms with Crippen LogP contribution in [0.2, 0.25) is 0 Å². The fourth-order valence-corrected chi connectivity index (χ4v) is 1.97. The van der Waals surface area contributed by atoms with E-state index < -0.39 is 0 Å². The van der Waals surface area contributed by atoms with Gasteiger partial charge in [0.05, 0.1) is 5.70 Å². The van der Waals surface area contributed by atoms with Crippen molar-refractivity contribution >= 4 is 18.0 Å². The van der Waals surface area contributed by atoms with Crippen molar-refractivity contribution in [1.82, 2.24) is 5.43 Å². The maximum Gasteiger partial charge on any atom is 0.0712 e. The van der Waals surface area contributed by atoms with Crippen LogP contribution in [-0.2, 0) is 0 Å². The van der Waals surface area contributed by atoms with Crippen molar-refractivity contribution in [3.05, 3.63) is 70.6 Å². The zero-order valence-corrected chi connectivity index (χ0v) is 9.30. The standard InChI is InChI=1S/C15H12N2/c1-2-7-13(8-3-1)15-14-9-5-4-6-12(14)10-11-16-17-15/h1-11,17H. The molecular weight excluding hydrogens is 208 g/mol. The van der Waals surface area contributed by atoms with Crippen molar-refractivity contribution in [3.63, 3.8) is 0 Å². The highest BCUT2D eigenvalue weighted by atomic mass is 15.3. The molecule has 0 aromatic heterocycles. The van der Waals surface area contributed by atoms with E-state index >= 15 is 0 Å². The Balaban J connectivity index is 2.36. The highest BCUT2D eigenvalue weighted by molar-refractivity contribution is 5.91. The van der Waals surface area contributed by atoms with Crippen LogP contribution in [-0.4, -0.2) is 6.21 Å². The van der Waals surface area contributed by atoms with E-state index in [1.54, 1.807) is 6.21 Å². The van der Waals surface area contributed by atoms with E-state index in [4.69, 9.17) is 0 Å². The van der Waals surface area contributed by atoms with Gasteiger partial charge in [0.25, 0.3) is 0 Å². The minimum Gasteiger partial charge on any atom is -0.277 e. The molecule has 2 nitrogen and oxygen atoms in total. The molecule has 0 bridgehead atoms. The Kier molecular flexibility index (Phi) is 2.47. The molecule has 3 rings (SSSR count). The Morgan fingerprint density at radius 3 is 2.47 bits per heavy atom. The summed E-state index contributed by atoms with van der Waals surface area (Å²) in [6.45, 7) is 0. The van der Waals surface area contributed by atoms with Crippen molar-refractivity contribution < 1.29 is 0 Å². The highest BCUT2D eigenvalue weighted by Crippen LogP contribution is 2.07. The van der Waals surface area contributed by atoms with Gasteiger partial charge in [-0.05, 0) is 11.3 Å². The molecule has 0 radical (unpaired) electrons. The number of benzene rings is 2. The van der Waals surface area contributed by atoms with E-state index in [9.17, 15) is 0 Å². The quantitative estimate of drug-likeness (QED) is 0.767. The van der Waals surface area contributed by atoms with Crippen LogP contribution in [0.4, 0.5) is 0 Å². The molecule has 1 heterocycles. The van der Waals surface area contributed by atoms with Crippen LogP contribution >= 0.6 is 0 Å². The monoisotopic (exact) mass is 220 g/mol. The smallest absolute Gasteiger partial charge is 0.0712 e. The number of hydrazone groups is 1. The van der Waals surface area contributed by atoms with Crippen LogP contribution in [0.1, 0.15) is 5.56 Å². The molecular formula is C15H12N2. The van der Waals surface area contributed by atoms with E-state index in [1.165, 1.54) is 10.4 Å². The minimum atomic E-state index is 1.05. The zero-order valence-electron chi connectivity index (χ0n) is 9.30. The maximum atomic E-state index is 4.18. The first-order valence-electron chi connectivity index (χ1n) is 5.59. The lowest BCUT2D eigenvalue weighted by atomic mass is 10.1. The number of hydrogen-bond donors (Lipinski definition) is 1. The largest absolute Gasteiger partial charge is 0.277 e. The van der Waals surface area contributed by atoms with Crippen molar-refractivity contribution in [1.29, 1.82) is 0 Å². The van der Waals surface area contributed by atoms with E-state index in [1.807, 2.05) is 36.4 Å². The maximum absolute atomic E-state index is 4.18. The third-order valence-electron chi connectivity index (χ3n) is 2.80.